The zero-order valence-electron chi connectivity index (χ0n) is 9.69. The molecule has 0 amide bonds. The fourth-order valence-corrected chi connectivity index (χ4v) is 2.77. The molecule has 0 saturated carbocycles. The summed E-state index contributed by atoms with van der Waals surface area (Å²) < 4.78 is 8.63. The molecule has 1 aliphatic rings. The van der Waals surface area contributed by atoms with Crippen LogP contribution in [0.25, 0.3) is 11.0 Å². The average Bonchev–Trinajstić information content (AvgIpc) is 2.93. The van der Waals surface area contributed by atoms with Crippen molar-refractivity contribution in [1.29, 1.82) is 0 Å². The van der Waals surface area contributed by atoms with Gasteiger partial charge in [-0.25, -0.2) is 0 Å². The summed E-state index contributed by atoms with van der Waals surface area (Å²) >= 11 is 5.36. The number of nitrogens with one attached hydrogen (secondary N) is 1. The first-order valence-electron chi connectivity index (χ1n) is 6.14. The van der Waals surface area contributed by atoms with Crippen molar-refractivity contribution < 1.29 is 4.74 Å². The predicted octanol–water partition coefficient (Wildman–Crippen LogP) is 3.27. The highest BCUT2D eigenvalue weighted by molar-refractivity contribution is 7.71. The van der Waals surface area contributed by atoms with Gasteiger partial charge in [-0.2, -0.15) is 0 Å². The Kier molecular flexibility index (Phi) is 2.99. The molecule has 1 N–H and O–H groups in total. The van der Waals surface area contributed by atoms with Crippen molar-refractivity contribution >= 4 is 23.3 Å². The largest absolute Gasteiger partial charge is 0.378 e. The maximum Gasteiger partial charge on any atom is 0.178 e. The van der Waals surface area contributed by atoms with Gasteiger partial charge in [0.1, 0.15) is 0 Å². The number of rotatable bonds is 3. The number of para-hydroxylation sites is 2. The summed E-state index contributed by atoms with van der Waals surface area (Å²) in [5, 5.41) is 0. The second-order valence-corrected chi connectivity index (χ2v) is 4.91. The number of nitrogens with zero attached hydrogens (tertiary/aromatic N) is 1. The van der Waals surface area contributed by atoms with E-state index >= 15 is 0 Å². The molecule has 1 fully saturated rings. The quantitative estimate of drug-likeness (QED) is 0.845. The minimum atomic E-state index is 0.422. The number of aromatic nitrogens is 2. The molecule has 0 spiro atoms. The summed E-state index contributed by atoms with van der Waals surface area (Å²) in [6.45, 7) is 1.86. The number of fused-ring (bicyclic) bond motifs is 1. The topological polar surface area (TPSA) is 29.9 Å². The third-order valence-corrected chi connectivity index (χ3v) is 3.70. The van der Waals surface area contributed by atoms with E-state index in [4.69, 9.17) is 17.0 Å². The minimum Gasteiger partial charge on any atom is -0.378 e. The van der Waals surface area contributed by atoms with Crippen LogP contribution in [0.3, 0.4) is 0 Å². The molecule has 4 heteroatoms. The SMILES string of the molecule is S=c1[nH]c2ccccc2n1CCC1CCCO1. The maximum atomic E-state index is 5.65. The molecule has 1 unspecified atom stereocenters. The number of hydrogen-bond acceptors (Lipinski definition) is 2. The molecule has 17 heavy (non-hydrogen) atoms. The fraction of sp³-hybridized carbons (Fsp3) is 0.462. The van der Waals surface area contributed by atoms with Crippen molar-refractivity contribution in [1.82, 2.24) is 9.55 Å². The molecule has 1 aromatic heterocycles. The van der Waals surface area contributed by atoms with Crippen molar-refractivity contribution in [3.05, 3.63) is 29.0 Å². The van der Waals surface area contributed by atoms with Crippen molar-refractivity contribution in [2.75, 3.05) is 6.61 Å². The van der Waals surface area contributed by atoms with Gasteiger partial charge in [0, 0.05) is 13.2 Å². The highest BCUT2D eigenvalue weighted by atomic mass is 32.1. The van der Waals surface area contributed by atoms with Crippen LogP contribution in [0, 0.1) is 4.77 Å². The first kappa shape index (κ1) is 11.0. The van der Waals surface area contributed by atoms with Crippen LogP contribution in [0.2, 0.25) is 0 Å². The number of hydrogen-bond donors (Lipinski definition) is 1. The molecule has 3 rings (SSSR count). The Morgan fingerprint density at radius 3 is 3.12 bits per heavy atom. The first-order valence-corrected chi connectivity index (χ1v) is 6.54. The molecule has 1 atom stereocenters. The van der Waals surface area contributed by atoms with Crippen LogP contribution < -0.4 is 0 Å². The molecule has 0 bridgehead atoms. The minimum absolute atomic E-state index is 0.422. The van der Waals surface area contributed by atoms with E-state index in [1.807, 2.05) is 12.1 Å². The van der Waals surface area contributed by atoms with Crippen LogP contribution >= 0.6 is 12.2 Å². The van der Waals surface area contributed by atoms with E-state index in [1.165, 1.54) is 18.4 Å². The number of aryl methyl sites for hydroxylation is 1. The highest BCUT2D eigenvalue weighted by Crippen LogP contribution is 2.19. The summed E-state index contributed by atoms with van der Waals surface area (Å²) in [5.41, 5.74) is 2.31. The number of ether oxygens (including phenoxy) is 1. The fourth-order valence-electron chi connectivity index (χ4n) is 2.47. The molecule has 1 aromatic carbocycles. The number of aromatic amines is 1. The molecule has 1 aliphatic heterocycles. The first-order chi connectivity index (χ1) is 8.34. The Morgan fingerprint density at radius 1 is 1.41 bits per heavy atom. The number of H-pyrrole nitrogens is 1. The van der Waals surface area contributed by atoms with Gasteiger partial charge in [-0.05, 0) is 43.6 Å². The van der Waals surface area contributed by atoms with E-state index in [2.05, 4.69) is 21.7 Å². The standard InChI is InChI=1S/C13H16N2OS/c17-13-14-11-5-1-2-6-12(11)15(13)8-7-10-4-3-9-16-10/h1-2,5-6,10H,3-4,7-9H2,(H,14,17). The Labute approximate surface area is 105 Å². The lowest BCUT2D eigenvalue weighted by Crippen LogP contribution is -2.10. The van der Waals surface area contributed by atoms with Crippen molar-refractivity contribution in [2.45, 2.75) is 31.9 Å². The van der Waals surface area contributed by atoms with E-state index in [0.29, 0.717) is 6.10 Å². The summed E-state index contributed by atoms with van der Waals surface area (Å²) in [6, 6.07) is 8.25. The van der Waals surface area contributed by atoms with Crippen molar-refractivity contribution in [3.63, 3.8) is 0 Å². The van der Waals surface area contributed by atoms with Gasteiger partial charge >= 0.3 is 0 Å². The highest BCUT2D eigenvalue weighted by Gasteiger charge is 2.15. The molecule has 0 aliphatic carbocycles. The second kappa shape index (κ2) is 4.63. The van der Waals surface area contributed by atoms with Gasteiger partial charge in [-0.1, -0.05) is 12.1 Å². The molecular weight excluding hydrogens is 232 g/mol. The van der Waals surface area contributed by atoms with Crippen LogP contribution in [-0.4, -0.2) is 22.3 Å². The zero-order chi connectivity index (χ0) is 11.7. The van der Waals surface area contributed by atoms with E-state index in [-0.39, 0.29) is 0 Å². The average molecular weight is 248 g/mol. The van der Waals surface area contributed by atoms with E-state index in [9.17, 15) is 0 Å². The van der Waals surface area contributed by atoms with Gasteiger partial charge in [-0.15, -0.1) is 0 Å². The Balaban J connectivity index is 1.84. The molecule has 2 heterocycles. The summed E-state index contributed by atoms with van der Waals surface area (Å²) in [7, 11) is 0. The van der Waals surface area contributed by atoms with Gasteiger partial charge in [0.05, 0.1) is 17.1 Å². The predicted molar refractivity (Wildman–Crippen MR) is 70.7 cm³/mol. The maximum absolute atomic E-state index is 5.65. The molecule has 2 aromatic rings. The van der Waals surface area contributed by atoms with Crippen molar-refractivity contribution in [3.8, 4) is 0 Å². The summed E-state index contributed by atoms with van der Waals surface area (Å²) in [4.78, 5) is 3.24. The van der Waals surface area contributed by atoms with E-state index in [1.54, 1.807) is 0 Å². The molecule has 90 valence electrons. The van der Waals surface area contributed by atoms with Crippen LogP contribution in [0.15, 0.2) is 24.3 Å². The summed E-state index contributed by atoms with van der Waals surface area (Å²) in [6.07, 6.45) is 3.86. The van der Waals surface area contributed by atoms with Gasteiger partial charge < -0.3 is 14.3 Å². The third kappa shape index (κ3) is 2.15. The van der Waals surface area contributed by atoms with Gasteiger partial charge in [0.25, 0.3) is 0 Å². The van der Waals surface area contributed by atoms with Crippen molar-refractivity contribution in [2.24, 2.45) is 0 Å². The summed E-state index contributed by atoms with van der Waals surface area (Å²) in [5.74, 6) is 0. The normalized spacial score (nSPS) is 20.1. The van der Waals surface area contributed by atoms with Crippen LogP contribution in [0.1, 0.15) is 19.3 Å². The third-order valence-electron chi connectivity index (χ3n) is 3.38. The Morgan fingerprint density at radius 2 is 2.29 bits per heavy atom. The number of imidazole rings is 1. The molecular formula is C13H16N2OS. The van der Waals surface area contributed by atoms with Gasteiger partial charge in [0.15, 0.2) is 4.77 Å². The second-order valence-electron chi connectivity index (χ2n) is 4.52. The Bertz CT molecular complexity index is 566. The van der Waals surface area contributed by atoms with E-state index < -0.39 is 0 Å². The molecule has 1 saturated heterocycles. The molecule has 0 radical (unpaired) electrons. The zero-order valence-corrected chi connectivity index (χ0v) is 10.5. The monoisotopic (exact) mass is 248 g/mol. The van der Waals surface area contributed by atoms with Gasteiger partial charge in [-0.3, -0.25) is 0 Å². The lowest BCUT2D eigenvalue weighted by Gasteiger charge is -2.10. The number of benzene rings is 1. The van der Waals surface area contributed by atoms with E-state index in [0.717, 1.165) is 29.9 Å². The smallest absolute Gasteiger partial charge is 0.178 e. The Hall–Kier alpha value is -1.13. The van der Waals surface area contributed by atoms with Gasteiger partial charge in [0.2, 0.25) is 0 Å². The molecule has 3 nitrogen and oxygen atoms in total. The van der Waals surface area contributed by atoms with Crippen LogP contribution in [0.4, 0.5) is 0 Å². The van der Waals surface area contributed by atoms with Crippen LogP contribution in [0.5, 0.6) is 0 Å². The van der Waals surface area contributed by atoms with Crippen LogP contribution in [-0.2, 0) is 11.3 Å². The lowest BCUT2D eigenvalue weighted by molar-refractivity contribution is 0.101. The lowest BCUT2D eigenvalue weighted by atomic mass is 10.2.